The number of aliphatic carboxylic acids is 1. The highest BCUT2D eigenvalue weighted by molar-refractivity contribution is 7.98. The molecule has 1 heterocycles. The summed E-state index contributed by atoms with van der Waals surface area (Å²) in [5.74, 6) is -0.248. The quantitative estimate of drug-likeness (QED) is 0.741. The van der Waals surface area contributed by atoms with Crippen LogP contribution in [0.3, 0.4) is 0 Å². The van der Waals surface area contributed by atoms with Crippen molar-refractivity contribution in [1.82, 2.24) is 15.1 Å². The number of carboxylic acid groups (broad SMARTS) is 1. The van der Waals surface area contributed by atoms with Crippen molar-refractivity contribution >= 4 is 23.8 Å². The monoisotopic (exact) mass is 317 g/mol. The molecule has 1 aliphatic rings. The van der Waals surface area contributed by atoms with Crippen LogP contribution in [-0.4, -0.2) is 77.7 Å². The van der Waals surface area contributed by atoms with Gasteiger partial charge in [-0.05, 0) is 37.8 Å². The molecule has 0 aromatic heterocycles. The van der Waals surface area contributed by atoms with Crippen molar-refractivity contribution < 1.29 is 14.7 Å². The van der Waals surface area contributed by atoms with E-state index in [0.29, 0.717) is 6.42 Å². The molecule has 0 radical (unpaired) electrons. The number of carbonyl (C=O) groups is 2. The summed E-state index contributed by atoms with van der Waals surface area (Å²) >= 11 is 1.58. The summed E-state index contributed by atoms with van der Waals surface area (Å²) in [7, 11) is 1.76. The molecule has 0 aromatic carbocycles. The van der Waals surface area contributed by atoms with Crippen LogP contribution in [0.25, 0.3) is 0 Å². The van der Waals surface area contributed by atoms with E-state index in [1.165, 1.54) is 0 Å². The molecule has 1 unspecified atom stereocenters. The molecule has 7 heteroatoms. The van der Waals surface area contributed by atoms with E-state index in [-0.39, 0.29) is 12.1 Å². The van der Waals surface area contributed by atoms with E-state index in [4.69, 9.17) is 5.11 Å². The number of nitrogens with zero attached hydrogens (tertiary/aromatic N) is 2. The van der Waals surface area contributed by atoms with Gasteiger partial charge in [-0.2, -0.15) is 11.8 Å². The highest BCUT2D eigenvalue weighted by Crippen LogP contribution is 2.15. The number of piperidine rings is 1. The van der Waals surface area contributed by atoms with E-state index in [2.05, 4.69) is 17.1 Å². The van der Waals surface area contributed by atoms with Crippen LogP contribution in [-0.2, 0) is 4.79 Å². The molecule has 1 fully saturated rings. The van der Waals surface area contributed by atoms with E-state index < -0.39 is 12.0 Å². The number of nitrogens with one attached hydrogen (secondary N) is 1. The van der Waals surface area contributed by atoms with Gasteiger partial charge in [-0.25, -0.2) is 9.59 Å². The van der Waals surface area contributed by atoms with E-state index >= 15 is 0 Å². The first kappa shape index (κ1) is 18.1. The molecule has 1 rings (SSSR count). The number of amides is 2. The van der Waals surface area contributed by atoms with Crippen molar-refractivity contribution in [3.05, 3.63) is 0 Å². The number of carboxylic acids is 1. The zero-order valence-electron chi connectivity index (χ0n) is 13.2. The zero-order valence-corrected chi connectivity index (χ0v) is 14.0. The number of hydrogen-bond acceptors (Lipinski definition) is 4. The average molecular weight is 317 g/mol. The predicted octanol–water partition coefficient (Wildman–Crippen LogP) is 1.32. The second kappa shape index (κ2) is 9.15. The molecule has 21 heavy (non-hydrogen) atoms. The minimum Gasteiger partial charge on any atom is -0.480 e. The van der Waals surface area contributed by atoms with Crippen molar-refractivity contribution in [2.24, 2.45) is 0 Å². The number of carbonyl (C=O) groups excluding carboxylic acids is 1. The molecule has 0 spiro atoms. The van der Waals surface area contributed by atoms with Gasteiger partial charge in [0.2, 0.25) is 0 Å². The Morgan fingerprint density at radius 1 is 1.43 bits per heavy atom. The number of hydrogen-bond donors (Lipinski definition) is 2. The van der Waals surface area contributed by atoms with Gasteiger partial charge in [-0.3, -0.25) is 0 Å². The van der Waals surface area contributed by atoms with Gasteiger partial charge in [-0.1, -0.05) is 6.92 Å². The average Bonchev–Trinajstić information content (AvgIpc) is 2.50. The lowest BCUT2D eigenvalue weighted by atomic mass is 10.0. The van der Waals surface area contributed by atoms with Crippen molar-refractivity contribution in [2.75, 3.05) is 38.7 Å². The minimum absolute atomic E-state index is 0.197. The molecule has 1 saturated heterocycles. The van der Waals surface area contributed by atoms with Crippen LogP contribution >= 0.6 is 11.8 Å². The third-order valence-electron chi connectivity index (χ3n) is 4.08. The topological polar surface area (TPSA) is 72.9 Å². The molecule has 2 N–H and O–H groups in total. The number of urea groups is 1. The Kier molecular flexibility index (Phi) is 7.88. The maximum absolute atomic E-state index is 12.2. The van der Waals surface area contributed by atoms with Gasteiger partial charge in [0.15, 0.2) is 0 Å². The number of thioether (sulfide) groups is 1. The van der Waals surface area contributed by atoms with Gasteiger partial charge in [0, 0.05) is 26.2 Å². The normalized spacial score (nSPS) is 18.2. The first-order chi connectivity index (χ1) is 9.99. The Bertz CT molecular complexity index is 346. The molecule has 0 aliphatic carbocycles. The van der Waals surface area contributed by atoms with E-state index in [1.807, 2.05) is 6.26 Å². The van der Waals surface area contributed by atoms with E-state index in [1.54, 1.807) is 23.7 Å². The van der Waals surface area contributed by atoms with Gasteiger partial charge in [0.05, 0.1) is 0 Å². The second-order valence-corrected chi connectivity index (χ2v) is 6.38. The van der Waals surface area contributed by atoms with Gasteiger partial charge >= 0.3 is 12.0 Å². The van der Waals surface area contributed by atoms with Crippen molar-refractivity contribution in [3.8, 4) is 0 Å². The number of likely N-dealkylation sites (tertiary alicyclic amines) is 1. The van der Waals surface area contributed by atoms with Crippen molar-refractivity contribution in [2.45, 2.75) is 38.3 Å². The zero-order chi connectivity index (χ0) is 15.8. The summed E-state index contributed by atoms with van der Waals surface area (Å²) in [6.45, 7) is 5.17. The van der Waals surface area contributed by atoms with Crippen LogP contribution in [0, 0.1) is 0 Å². The minimum atomic E-state index is -0.966. The van der Waals surface area contributed by atoms with Crippen molar-refractivity contribution in [1.29, 1.82) is 0 Å². The maximum atomic E-state index is 12.2. The fraction of sp³-hybridized carbons (Fsp3) is 0.857. The molecular weight excluding hydrogens is 290 g/mol. The molecular formula is C14H27N3O3S. The third kappa shape index (κ3) is 5.74. The van der Waals surface area contributed by atoms with Gasteiger partial charge in [0.1, 0.15) is 6.04 Å². The summed E-state index contributed by atoms with van der Waals surface area (Å²) < 4.78 is 0. The lowest BCUT2D eigenvalue weighted by molar-refractivity contribution is -0.139. The molecule has 122 valence electrons. The Morgan fingerprint density at radius 3 is 2.52 bits per heavy atom. The first-order valence-electron chi connectivity index (χ1n) is 7.47. The van der Waals surface area contributed by atoms with E-state index in [0.717, 1.165) is 38.2 Å². The Hall–Kier alpha value is -0.950. The molecule has 1 atom stereocenters. The summed E-state index contributed by atoms with van der Waals surface area (Å²) in [4.78, 5) is 27.4. The Labute approximate surface area is 131 Å². The van der Waals surface area contributed by atoms with Crippen molar-refractivity contribution in [3.63, 3.8) is 0 Å². The first-order valence-corrected chi connectivity index (χ1v) is 8.86. The molecule has 6 nitrogen and oxygen atoms in total. The van der Waals surface area contributed by atoms with Crippen LogP contribution in [0.1, 0.15) is 26.2 Å². The maximum Gasteiger partial charge on any atom is 0.326 e. The Balaban J connectivity index is 2.47. The second-order valence-electron chi connectivity index (χ2n) is 5.40. The number of rotatable bonds is 7. The summed E-state index contributed by atoms with van der Waals surface area (Å²) in [6.07, 6.45) is 4.26. The fourth-order valence-electron chi connectivity index (χ4n) is 2.53. The lowest BCUT2D eigenvalue weighted by Crippen LogP contribution is -2.52. The fourth-order valence-corrected chi connectivity index (χ4v) is 3.00. The summed E-state index contributed by atoms with van der Waals surface area (Å²) in [6, 6.07) is -0.885. The Morgan fingerprint density at radius 2 is 2.05 bits per heavy atom. The van der Waals surface area contributed by atoms with E-state index in [9.17, 15) is 9.59 Å². The summed E-state index contributed by atoms with van der Waals surface area (Å²) in [5, 5.41) is 11.8. The third-order valence-corrected chi connectivity index (χ3v) is 4.72. The molecule has 1 aliphatic heterocycles. The largest absolute Gasteiger partial charge is 0.480 e. The van der Waals surface area contributed by atoms with Gasteiger partial charge < -0.3 is 20.2 Å². The van der Waals surface area contributed by atoms with Crippen LogP contribution in [0.15, 0.2) is 0 Å². The smallest absolute Gasteiger partial charge is 0.326 e. The standard InChI is InChI=1S/C14H27N3O3S/c1-4-17-8-5-11(6-9-17)16(2)14(20)15-12(13(18)19)7-10-21-3/h11-12H,4-10H2,1-3H3,(H,15,20)(H,18,19). The SMILES string of the molecule is CCN1CCC(N(C)C(=O)NC(CCSC)C(=O)O)CC1. The van der Waals surface area contributed by atoms with Crippen LogP contribution < -0.4 is 5.32 Å². The van der Waals surface area contributed by atoms with Gasteiger partial charge in [-0.15, -0.1) is 0 Å². The van der Waals surface area contributed by atoms with Crippen LogP contribution in [0.4, 0.5) is 4.79 Å². The highest BCUT2D eigenvalue weighted by Gasteiger charge is 2.27. The van der Waals surface area contributed by atoms with Crippen LogP contribution in [0.2, 0.25) is 0 Å². The molecule has 0 aromatic rings. The highest BCUT2D eigenvalue weighted by atomic mass is 32.2. The molecule has 2 amide bonds. The molecule has 0 bridgehead atoms. The van der Waals surface area contributed by atoms with Gasteiger partial charge in [0.25, 0.3) is 0 Å². The van der Waals surface area contributed by atoms with Crippen LogP contribution in [0.5, 0.6) is 0 Å². The molecule has 0 saturated carbocycles. The summed E-state index contributed by atoms with van der Waals surface area (Å²) in [5.41, 5.74) is 0. The lowest BCUT2D eigenvalue weighted by Gasteiger charge is -2.36. The predicted molar refractivity (Wildman–Crippen MR) is 85.9 cm³/mol.